The monoisotopic (exact) mass is 569 g/mol. The molecule has 5 rings (SSSR count). The van der Waals surface area contributed by atoms with Gasteiger partial charge in [-0.1, -0.05) is 58.7 Å². The fourth-order valence-electron chi connectivity index (χ4n) is 4.62. The molecule has 0 fully saturated rings. The number of carbonyl (C=O) groups is 1. The van der Waals surface area contributed by atoms with Gasteiger partial charge in [-0.3, -0.25) is 9.59 Å². The molecular formula is C30H28BrN5O2. The quantitative estimate of drug-likeness (QED) is 0.237. The molecule has 38 heavy (non-hydrogen) atoms. The summed E-state index contributed by atoms with van der Waals surface area (Å²) >= 11 is 3.45. The van der Waals surface area contributed by atoms with Crippen molar-refractivity contribution in [2.45, 2.75) is 40.2 Å². The lowest BCUT2D eigenvalue weighted by atomic mass is 10.1. The lowest BCUT2D eigenvalue weighted by Crippen LogP contribution is -2.22. The van der Waals surface area contributed by atoms with Gasteiger partial charge in [-0.15, -0.1) is 0 Å². The molecule has 2 aromatic heterocycles. The molecule has 2 heterocycles. The molecule has 5 aromatic rings. The van der Waals surface area contributed by atoms with E-state index in [0.717, 1.165) is 44.3 Å². The second-order valence-corrected chi connectivity index (χ2v) is 10.2. The number of hydrogen-bond donors (Lipinski definition) is 1. The molecule has 0 aliphatic rings. The lowest BCUT2D eigenvalue weighted by molar-refractivity contribution is -0.116. The van der Waals surface area contributed by atoms with E-state index in [-0.39, 0.29) is 18.0 Å². The molecule has 192 valence electrons. The van der Waals surface area contributed by atoms with Crippen LogP contribution in [-0.4, -0.2) is 26.3 Å². The van der Waals surface area contributed by atoms with Crippen molar-refractivity contribution >= 4 is 55.5 Å². The van der Waals surface area contributed by atoms with Gasteiger partial charge in [0.1, 0.15) is 12.4 Å². The minimum atomic E-state index is -0.213. The summed E-state index contributed by atoms with van der Waals surface area (Å²) in [7, 11) is 0. The van der Waals surface area contributed by atoms with Gasteiger partial charge in [-0.25, -0.2) is 4.98 Å². The molecule has 0 bridgehead atoms. The summed E-state index contributed by atoms with van der Waals surface area (Å²) in [4.78, 5) is 31.1. The smallest absolute Gasteiger partial charge is 0.282 e. The minimum absolute atomic E-state index is 0.119. The van der Waals surface area contributed by atoms with Crippen LogP contribution < -0.4 is 10.9 Å². The fourth-order valence-corrected chi connectivity index (χ4v) is 4.98. The number of anilines is 1. The molecule has 1 N–H and O–H groups in total. The number of carbonyl (C=O) groups excluding carboxylic acids is 1. The number of rotatable bonds is 7. The summed E-state index contributed by atoms with van der Waals surface area (Å²) in [6, 6.07) is 21.1. The van der Waals surface area contributed by atoms with E-state index in [4.69, 9.17) is 4.98 Å². The van der Waals surface area contributed by atoms with Crippen LogP contribution in [-0.2, 0) is 17.8 Å². The van der Waals surface area contributed by atoms with Crippen molar-refractivity contribution in [3.8, 4) is 0 Å². The van der Waals surface area contributed by atoms with Crippen molar-refractivity contribution in [2.24, 2.45) is 5.10 Å². The highest BCUT2D eigenvalue weighted by molar-refractivity contribution is 9.10. The number of fused-ring (bicyclic) bond motifs is 2. The van der Waals surface area contributed by atoms with Crippen LogP contribution in [0.2, 0.25) is 0 Å². The zero-order chi connectivity index (χ0) is 26.8. The summed E-state index contributed by atoms with van der Waals surface area (Å²) in [6.45, 7) is 6.17. The van der Waals surface area contributed by atoms with Gasteiger partial charge in [0.2, 0.25) is 5.91 Å². The Labute approximate surface area is 229 Å². The Morgan fingerprint density at radius 3 is 2.58 bits per heavy atom. The first-order valence-electron chi connectivity index (χ1n) is 12.6. The number of hydrogen-bond acceptors (Lipinski definition) is 4. The lowest BCUT2D eigenvalue weighted by Gasteiger charge is -2.10. The van der Waals surface area contributed by atoms with Gasteiger partial charge in [-0.05, 0) is 56.7 Å². The van der Waals surface area contributed by atoms with E-state index in [2.05, 4.69) is 26.3 Å². The van der Waals surface area contributed by atoms with Crippen LogP contribution in [0, 0.1) is 13.8 Å². The molecule has 7 nitrogen and oxygen atoms in total. The number of amides is 1. The first kappa shape index (κ1) is 25.6. The number of halogens is 1. The first-order valence-corrected chi connectivity index (χ1v) is 13.3. The second-order valence-electron chi connectivity index (χ2n) is 9.32. The predicted octanol–water partition coefficient (Wildman–Crippen LogP) is 6.20. The van der Waals surface area contributed by atoms with E-state index in [1.807, 2.05) is 86.0 Å². The number of nitrogens with one attached hydrogen (secondary N) is 1. The average molecular weight is 570 g/mol. The van der Waals surface area contributed by atoms with Crippen molar-refractivity contribution < 1.29 is 4.79 Å². The summed E-state index contributed by atoms with van der Waals surface area (Å²) in [5.74, 6) is 0.495. The molecular weight excluding hydrogens is 542 g/mol. The van der Waals surface area contributed by atoms with Crippen LogP contribution in [0.5, 0.6) is 0 Å². The summed E-state index contributed by atoms with van der Waals surface area (Å²) in [5.41, 5.74) is 5.00. The van der Waals surface area contributed by atoms with E-state index >= 15 is 0 Å². The van der Waals surface area contributed by atoms with Gasteiger partial charge in [0, 0.05) is 38.7 Å². The molecule has 0 atom stereocenters. The van der Waals surface area contributed by atoms with Crippen LogP contribution in [0.1, 0.15) is 36.0 Å². The number of benzene rings is 3. The predicted molar refractivity (Wildman–Crippen MR) is 157 cm³/mol. The van der Waals surface area contributed by atoms with E-state index in [1.165, 1.54) is 4.68 Å². The Morgan fingerprint density at radius 1 is 1.05 bits per heavy atom. The van der Waals surface area contributed by atoms with Gasteiger partial charge in [0.15, 0.2) is 0 Å². The molecule has 1 amide bonds. The SMILES string of the molecule is CCCc1nc2ccc(Br)cc2c(=O)n1N=Cc1c(C)n(CC(=O)Nc2ccc(C)cc2)c2ccccc12. The average Bonchev–Trinajstić information content (AvgIpc) is 3.16. The molecule has 0 saturated heterocycles. The van der Waals surface area contributed by atoms with Gasteiger partial charge in [0.25, 0.3) is 5.56 Å². The Bertz CT molecular complexity index is 1750. The molecule has 8 heteroatoms. The van der Waals surface area contributed by atoms with E-state index in [0.29, 0.717) is 23.1 Å². The van der Waals surface area contributed by atoms with Crippen molar-refractivity contribution in [3.05, 3.63) is 104 Å². The van der Waals surface area contributed by atoms with Gasteiger partial charge < -0.3 is 9.88 Å². The first-order chi connectivity index (χ1) is 18.4. The zero-order valence-electron chi connectivity index (χ0n) is 21.5. The number of nitrogens with zero attached hydrogens (tertiary/aromatic N) is 4. The maximum absolute atomic E-state index is 13.4. The summed E-state index contributed by atoms with van der Waals surface area (Å²) < 4.78 is 4.19. The Morgan fingerprint density at radius 2 is 1.82 bits per heavy atom. The van der Waals surface area contributed by atoms with E-state index < -0.39 is 0 Å². The third-order valence-corrected chi connectivity index (χ3v) is 7.06. The third-order valence-electron chi connectivity index (χ3n) is 6.57. The van der Waals surface area contributed by atoms with Gasteiger partial charge >= 0.3 is 0 Å². The maximum atomic E-state index is 13.4. The van der Waals surface area contributed by atoms with Crippen molar-refractivity contribution in [1.29, 1.82) is 0 Å². The van der Waals surface area contributed by atoms with Crippen LogP contribution >= 0.6 is 15.9 Å². The highest BCUT2D eigenvalue weighted by Gasteiger charge is 2.16. The molecule has 0 unspecified atom stereocenters. The minimum Gasteiger partial charge on any atom is -0.335 e. The van der Waals surface area contributed by atoms with Crippen LogP contribution in [0.4, 0.5) is 5.69 Å². The molecule has 3 aromatic carbocycles. The molecule has 0 aliphatic heterocycles. The van der Waals surface area contributed by atoms with Crippen LogP contribution in [0.3, 0.4) is 0 Å². The molecule has 0 spiro atoms. The third kappa shape index (κ3) is 5.04. The second kappa shape index (κ2) is 10.8. The zero-order valence-corrected chi connectivity index (χ0v) is 23.1. The van der Waals surface area contributed by atoms with Gasteiger partial charge in [0.05, 0.1) is 17.1 Å². The fraction of sp³-hybridized carbons (Fsp3) is 0.200. The van der Waals surface area contributed by atoms with Crippen LogP contribution in [0.25, 0.3) is 21.8 Å². The summed E-state index contributed by atoms with van der Waals surface area (Å²) in [5, 5.41) is 9.08. The topological polar surface area (TPSA) is 81.3 Å². The standard InChI is InChI=1S/C30H28BrN5O2/c1-4-7-28-34-26-15-12-21(31)16-24(26)30(38)36(28)32-17-25-20(3)35(27-9-6-5-8-23(25)27)18-29(37)33-22-13-10-19(2)11-14-22/h5-6,8-17H,4,7,18H2,1-3H3,(H,33,37). The normalized spacial score (nSPS) is 11.6. The number of aromatic nitrogens is 3. The number of aryl methyl sites for hydroxylation is 2. The largest absolute Gasteiger partial charge is 0.335 e. The van der Waals surface area contributed by atoms with E-state index in [9.17, 15) is 9.59 Å². The van der Waals surface area contributed by atoms with Crippen molar-refractivity contribution in [3.63, 3.8) is 0 Å². The molecule has 0 saturated carbocycles. The summed E-state index contributed by atoms with van der Waals surface area (Å²) in [6.07, 6.45) is 3.16. The van der Waals surface area contributed by atoms with Gasteiger partial charge in [-0.2, -0.15) is 9.78 Å². The van der Waals surface area contributed by atoms with Crippen LogP contribution in [0.15, 0.2) is 81.1 Å². The highest BCUT2D eigenvalue weighted by Crippen LogP contribution is 2.25. The van der Waals surface area contributed by atoms with Crippen molar-refractivity contribution in [2.75, 3.05) is 5.32 Å². The number of para-hydroxylation sites is 1. The molecule has 0 radical (unpaired) electrons. The Balaban J connectivity index is 1.54. The Hall–Kier alpha value is -4.04. The Kier molecular flexibility index (Phi) is 7.24. The maximum Gasteiger partial charge on any atom is 0.282 e. The van der Waals surface area contributed by atoms with E-state index in [1.54, 1.807) is 12.3 Å². The van der Waals surface area contributed by atoms with Crippen molar-refractivity contribution in [1.82, 2.24) is 14.2 Å². The highest BCUT2D eigenvalue weighted by atomic mass is 79.9. The molecule has 0 aliphatic carbocycles.